The summed E-state index contributed by atoms with van der Waals surface area (Å²) in [5.41, 5.74) is 1.19. The number of carbonyl (C=O) groups is 1. The minimum absolute atomic E-state index is 0.571. The Morgan fingerprint density at radius 2 is 2.16 bits per heavy atom. The summed E-state index contributed by atoms with van der Waals surface area (Å²) in [4.78, 5) is 20.0. The Balaban J connectivity index is 2.29. The highest BCUT2D eigenvalue weighted by atomic mass is 16.4. The number of aromatic nitrogens is 2. The molecule has 5 nitrogen and oxygen atoms in total. The molecule has 0 spiro atoms. The Kier molecular flexibility index (Phi) is 4.02. The maximum absolute atomic E-state index is 11.5. The Hall–Kier alpha value is -1.65. The number of nitrogens with zero attached hydrogens (tertiary/aromatic N) is 2. The predicted octanol–water partition coefficient (Wildman–Crippen LogP) is 2.41. The summed E-state index contributed by atoms with van der Waals surface area (Å²) in [6.45, 7) is 3.70. The van der Waals surface area contributed by atoms with Crippen LogP contribution in [0.2, 0.25) is 0 Å². The van der Waals surface area contributed by atoms with Crippen LogP contribution in [-0.4, -0.2) is 26.6 Å². The van der Waals surface area contributed by atoms with Gasteiger partial charge in [0.25, 0.3) is 0 Å². The number of carboxylic acid groups (broad SMARTS) is 1. The van der Waals surface area contributed by atoms with Gasteiger partial charge in [-0.25, -0.2) is 14.8 Å². The molecule has 1 aliphatic rings. The molecule has 0 bridgehead atoms. The van der Waals surface area contributed by atoms with Crippen molar-refractivity contribution in [3.63, 3.8) is 0 Å². The standard InChI is InChI=1S/C14H21N3O2/c1-3-8-14(2,13(18)19)17-12-10-6-4-5-7-11(10)15-9-16-12/h9H,3-8H2,1-2H3,(H,18,19)(H,15,16,17). The molecule has 1 heterocycles. The van der Waals surface area contributed by atoms with E-state index in [9.17, 15) is 9.90 Å². The fourth-order valence-corrected chi connectivity index (χ4v) is 2.61. The molecule has 2 rings (SSSR count). The van der Waals surface area contributed by atoms with Gasteiger partial charge < -0.3 is 10.4 Å². The average molecular weight is 263 g/mol. The molecule has 0 saturated carbocycles. The second kappa shape index (κ2) is 5.55. The SMILES string of the molecule is CCCC(C)(Nc1ncnc2c1CCCC2)C(=O)O. The third-order valence-corrected chi connectivity index (χ3v) is 3.74. The molecule has 0 fully saturated rings. The van der Waals surface area contributed by atoms with Crippen LogP contribution in [-0.2, 0) is 17.6 Å². The van der Waals surface area contributed by atoms with Gasteiger partial charge in [0.05, 0.1) is 0 Å². The van der Waals surface area contributed by atoms with Gasteiger partial charge in [-0.05, 0) is 39.0 Å². The Morgan fingerprint density at radius 3 is 2.84 bits per heavy atom. The van der Waals surface area contributed by atoms with Crippen molar-refractivity contribution < 1.29 is 9.90 Å². The maximum atomic E-state index is 11.5. The monoisotopic (exact) mass is 263 g/mol. The quantitative estimate of drug-likeness (QED) is 0.853. The first-order valence-electron chi connectivity index (χ1n) is 6.91. The first kappa shape index (κ1) is 13.8. The van der Waals surface area contributed by atoms with Gasteiger partial charge in [-0.15, -0.1) is 0 Å². The fraction of sp³-hybridized carbons (Fsp3) is 0.643. The number of nitrogens with one attached hydrogen (secondary N) is 1. The molecule has 2 N–H and O–H groups in total. The van der Waals surface area contributed by atoms with Crippen molar-refractivity contribution in [2.75, 3.05) is 5.32 Å². The van der Waals surface area contributed by atoms with Gasteiger partial charge in [0.2, 0.25) is 0 Å². The lowest BCUT2D eigenvalue weighted by Crippen LogP contribution is -2.44. The predicted molar refractivity (Wildman–Crippen MR) is 73.2 cm³/mol. The van der Waals surface area contributed by atoms with E-state index >= 15 is 0 Å². The summed E-state index contributed by atoms with van der Waals surface area (Å²) in [6, 6.07) is 0. The zero-order valence-electron chi connectivity index (χ0n) is 11.6. The molecule has 1 aromatic rings. The van der Waals surface area contributed by atoms with Crippen molar-refractivity contribution in [3.8, 4) is 0 Å². The van der Waals surface area contributed by atoms with E-state index < -0.39 is 11.5 Å². The van der Waals surface area contributed by atoms with Crippen molar-refractivity contribution in [1.29, 1.82) is 0 Å². The van der Waals surface area contributed by atoms with Crippen molar-refractivity contribution in [1.82, 2.24) is 9.97 Å². The fourth-order valence-electron chi connectivity index (χ4n) is 2.61. The summed E-state index contributed by atoms with van der Waals surface area (Å²) < 4.78 is 0. The van der Waals surface area contributed by atoms with E-state index in [2.05, 4.69) is 15.3 Å². The van der Waals surface area contributed by atoms with Crippen molar-refractivity contribution in [2.45, 2.75) is 57.9 Å². The topological polar surface area (TPSA) is 75.1 Å². The number of aliphatic carboxylic acids is 1. The van der Waals surface area contributed by atoms with E-state index in [0.717, 1.165) is 43.4 Å². The number of carboxylic acids is 1. The van der Waals surface area contributed by atoms with Crippen LogP contribution in [0.25, 0.3) is 0 Å². The molecule has 0 radical (unpaired) electrons. The molecule has 5 heteroatoms. The van der Waals surface area contributed by atoms with E-state index in [1.807, 2.05) is 6.92 Å². The van der Waals surface area contributed by atoms with Gasteiger partial charge in [-0.2, -0.15) is 0 Å². The number of aryl methyl sites for hydroxylation is 1. The Bertz CT molecular complexity index is 476. The van der Waals surface area contributed by atoms with Gasteiger partial charge in [-0.1, -0.05) is 13.3 Å². The number of hydrogen-bond donors (Lipinski definition) is 2. The van der Waals surface area contributed by atoms with Crippen LogP contribution in [0.4, 0.5) is 5.82 Å². The van der Waals surface area contributed by atoms with E-state index in [-0.39, 0.29) is 0 Å². The first-order chi connectivity index (χ1) is 9.07. The smallest absolute Gasteiger partial charge is 0.329 e. The molecule has 0 saturated heterocycles. The van der Waals surface area contributed by atoms with Crippen LogP contribution in [0.5, 0.6) is 0 Å². The molecule has 1 atom stereocenters. The average Bonchev–Trinajstić information content (AvgIpc) is 2.39. The third kappa shape index (κ3) is 2.85. The summed E-state index contributed by atoms with van der Waals surface area (Å²) >= 11 is 0. The second-order valence-electron chi connectivity index (χ2n) is 5.37. The lowest BCUT2D eigenvalue weighted by molar-refractivity contribution is -0.142. The van der Waals surface area contributed by atoms with Gasteiger partial charge >= 0.3 is 5.97 Å². The number of fused-ring (bicyclic) bond motifs is 1. The van der Waals surface area contributed by atoms with Crippen molar-refractivity contribution in [3.05, 3.63) is 17.6 Å². The number of hydrogen-bond acceptors (Lipinski definition) is 4. The zero-order valence-corrected chi connectivity index (χ0v) is 11.6. The van der Waals surface area contributed by atoms with E-state index in [1.165, 1.54) is 6.33 Å². The summed E-state index contributed by atoms with van der Waals surface area (Å²) in [5, 5.41) is 12.6. The lowest BCUT2D eigenvalue weighted by Gasteiger charge is -2.28. The van der Waals surface area contributed by atoms with Crippen LogP contribution < -0.4 is 5.32 Å². The minimum atomic E-state index is -0.964. The largest absolute Gasteiger partial charge is 0.480 e. The van der Waals surface area contributed by atoms with Crippen LogP contribution in [0.1, 0.15) is 50.8 Å². The van der Waals surface area contributed by atoms with Crippen LogP contribution in [0.3, 0.4) is 0 Å². The van der Waals surface area contributed by atoms with Gasteiger partial charge in [-0.3, -0.25) is 0 Å². The molecule has 19 heavy (non-hydrogen) atoms. The van der Waals surface area contributed by atoms with E-state index in [4.69, 9.17) is 0 Å². The van der Waals surface area contributed by atoms with Crippen molar-refractivity contribution >= 4 is 11.8 Å². The Labute approximate surface area is 113 Å². The molecule has 104 valence electrons. The molecule has 0 aliphatic heterocycles. The summed E-state index contributed by atoms with van der Waals surface area (Å²) in [7, 11) is 0. The highest BCUT2D eigenvalue weighted by molar-refractivity contribution is 5.82. The van der Waals surface area contributed by atoms with Gasteiger partial charge in [0.15, 0.2) is 0 Å². The molecule has 1 aliphatic carbocycles. The van der Waals surface area contributed by atoms with E-state index in [1.54, 1.807) is 6.92 Å². The normalized spacial score (nSPS) is 17.4. The van der Waals surface area contributed by atoms with E-state index in [0.29, 0.717) is 12.2 Å². The number of anilines is 1. The van der Waals surface area contributed by atoms with Crippen LogP contribution in [0, 0.1) is 0 Å². The lowest BCUT2D eigenvalue weighted by atomic mass is 9.93. The molecule has 1 aromatic heterocycles. The minimum Gasteiger partial charge on any atom is -0.480 e. The van der Waals surface area contributed by atoms with Crippen molar-refractivity contribution in [2.24, 2.45) is 0 Å². The number of rotatable bonds is 5. The van der Waals surface area contributed by atoms with Gasteiger partial charge in [0, 0.05) is 11.3 Å². The molecular weight excluding hydrogens is 242 g/mol. The highest BCUT2D eigenvalue weighted by Crippen LogP contribution is 2.27. The molecular formula is C14H21N3O2. The molecule has 1 unspecified atom stereocenters. The second-order valence-corrected chi connectivity index (χ2v) is 5.37. The first-order valence-corrected chi connectivity index (χ1v) is 6.91. The van der Waals surface area contributed by atoms with Crippen LogP contribution >= 0.6 is 0 Å². The zero-order chi connectivity index (χ0) is 13.9. The van der Waals surface area contributed by atoms with Crippen LogP contribution in [0.15, 0.2) is 6.33 Å². The summed E-state index contributed by atoms with van der Waals surface area (Å²) in [6.07, 6.45) is 7.07. The molecule has 0 amide bonds. The summed E-state index contributed by atoms with van der Waals surface area (Å²) in [5.74, 6) is -0.138. The Morgan fingerprint density at radius 1 is 1.42 bits per heavy atom. The molecule has 0 aromatic carbocycles. The third-order valence-electron chi connectivity index (χ3n) is 3.74. The highest BCUT2D eigenvalue weighted by Gasteiger charge is 2.33. The van der Waals surface area contributed by atoms with Gasteiger partial charge in [0.1, 0.15) is 17.7 Å². The maximum Gasteiger partial charge on any atom is 0.329 e.